The minimum Gasteiger partial charge on any atom is -0.275 e. The predicted molar refractivity (Wildman–Crippen MR) is 55.8 cm³/mol. The van der Waals surface area contributed by atoms with Gasteiger partial charge in [-0.25, -0.2) is 9.97 Å². The number of nitrogens with zero attached hydrogens (tertiary/aromatic N) is 2. The molecule has 0 bridgehead atoms. The first kappa shape index (κ1) is 11.4. The highest BCUT2D eigenvalue weighted by molar-refractivity contribution is 6.68. The third-order valence-corrected chi connectivity index (χ3v) is 2.25. The number of carbonyl (C=O) groups excluding carboxylic acids is 1. The molecule has 14 heavy (non-hydrogen) atoms. The van der Waals surface area contributed by atoms with Crippen molar-refractivity contribution in [2.75, 3.05) is 0 Å². The summed E-state index contributed by atoms with van der Waals surface area (Å²) >= 11 is 11.0. The van der Waals surface area contributed by atoms with Crippen molar-refractivity contribution in [3.05, 3.63) is 22.7 Å². The Bertz CT molecular complexity index is 342. The Balaban J connectivity index is 2.83. The fourth-order valence-corrected chi connectivity index (χ4v) is 1.40. The Kier molecular flexibility index (Phi) is 4.29. The molecule has 1 aromatic heterocycles. The molecule has 0 aliphatic heterocycles. The van der Waals surface area contributed by atoms with E-state index in [0.29, 0.717) is 5.82 Å². The molecule has 0 saturated carbocycles. The summed E-state index contributed by atoms with van der Waals surface area (Å²) in [4.78, 5) is 18.8. The lowest BCUT2D eigenvalue weighted by Crippen LogP contribution is -2.00. The zero-order chi connectivity index (χ0) is 10.6. The summed E-state index contributed by atoms with van der Waals surface area (Å²) < 4.78 is 0. The van der Waals surface area contributed by atoms with E-state index in [2.05, 4.69) is 16.9 Å². The van der Waals surface area contributed by atoms with Crippen molar-refractivity contribution in [1.82, 2.24) is 9.97 Å². The highest BCUT2D eigenvalue weighted by atomic mass is 35.5. The van der Waals surface area contributed by atoms with Crippen LogP contribution in [-0.4, -0.2) is 15.2 Å². The fourth-order valence-electron chi connectivity index (χ4n) is 0.982. The van der Waals surface area contributed by atoms with Crippen molar-refractivity contribution in [3.63, 3.8) is 0 Å². The SMILES string of the molecule is CCCCc1ncc(C(=O)Cl)c(Cl)n1. The average Bonchev–Trinajstić information content (AvgIpc) is 2.14. The monoisotopic (exact) mass is 232 g/mol. The number of rotatable bonds is 4. The summed E-state index contributed by atoms with van der Waals surface area (Å²) in [5, 5.41) is -0.497. The molecule has 0 radical (unpaired) electrons. The molecule has 0 atom stereocenters. The molecule has 0 saturated heterocycles. The second-order valence-corrected chi connectivity index (χ2v) is 3.57. The van der Waals surface area contributed by atoms with Crippen LogP contribution in [0.1, 0.15) is 35.9 Å². The molecule has 1 aromatic rings. The molecule has 1 heterocycles. The molecule has 0 N–H and O–H groups in total. The minimum absolute atomic E-state index is 0.131. The Morgan fingerprint density at radius 1 is 1.57 bits per heavy atom. The molecular weight excluding hydrogens is 223 g/mol. The smallest absolute Gasteiger partial charge is 0.257 e. The van der Waals surface area contributed by atoms with Gasteiger partial charge in [0.2, 0.25) is 0 Å². The van der Waals surface area contributed by atoms with E-state index in [1.165, 1.54) is 6.20 Å². The molecule has 0 aliphatic rings. The van der Waals surface area contributed by atoms with Crippen molar-refractivity contribution in [2.45, 2.75) is 26.2 Å². The van der Waals surface area contributed by atoms with E-state index in [9.17, 15) is 4.79 Å². The second-order valence-electron chi connectivity index (χ2n) is 2.87. The molecule has 0 amide bonds. The van der Waals surface area contributed by atoms with Crippen LogP contribution in [-0.2, 0) is 6.42 Å². The zero-order valence-electron chi connectivity index (χ0n) is 7.76. The van der Waals surface area contributed by atoms with Crippen molar-refractivity contribution < 1.29 is 4.79 Å². The number of halogens is 2. The topological polar surface area (TPSA) is 42.9 Å². The first-order chi connectivity index (χ1) is 6.65. The first-order valence-corrected chi connectivity index (χ1v) is 5.12. The van der Waals surface area contributed by atoms with Crippen LogP contribution in [0.4, 0.5) is 0 Å². The third-order valence-electron chi connectivity index (χ3n) is 1.76. The maximum atomic E-state index is 10.8. The summed E-state index contributed by atoms with van der Waals surface area (Å²) in [6.07, 6.45) is 4.21. The van der Waals surface area contributed by atoms with Gasteiger partial charge >= 0.3 is 0 Å². The maximum absolute atomic E-state index is 10.8. The highest BCUT2D eigenvalue weighted by Gasteiger charge is 2.10. The van der Waals surface area contributed by atoms with Crippen molar-refractivity contribution in [3.8, 4) is 0 Å². The highest BCUT2D eigenvalue weighted by Crippen LogP contribution is 2.14. The number of aryl methyl sites for hydroxylation is 1. The lowest BCUT2D eigenvalue weighted by atomic mass is 10.2. The van der Waals surface area contributed by atoms with Crippen LogP contribution >= 0.6 is 23.2 Å². The molecule has 0 fully saturated rings. The van der Waals surface area contributed by atoms with E-state index in [0.717, 1.165) is 19.3 Å². The molecule has 0 spiro atoms. The van der Waals surface area contributed by atoms with Gasteiger partial charge < -0.3 is 0 Å². The molecule has 1 rings (SSSR count). The van der Waals surface area contributed by atoms with Gasteiger partial charge in [-0.2, -0.15) is 0 Å². The number of carbonyl (C=O) groups is 1. The number of unbranched alkanes of at least 4 members (excludes halogenated alkanes) is 1. The van der Waals surface area contributed by atoms with E-state index in [1.807, 2.05) is 0 Å². The minimum atomic E-state index is -0.628. The number of hydrogen-bond acceptors (Lipinski definition) is 3. The second kappa shape index (κ2) is 5.27. The summed E-state index contributed by atoms with van der Waals surface area (Å²) in [6, 6.07) is 0. The number of aromatic nitrogens is 2. The Morgan fingerprint density at radius 2 is 2.29 bits per heavy atom. The molecular formula is C9H10Cl2N2O. The van der Waals surface area contributed by atoms with Crippen LogP contribution in [0.3, 0.4) is 0 Å². The van der Waals surface area contributed by atoms with Gasteiger partial charge in [-0.05, 0) is 18.0 Å². The Hall–Kier alpha value is -0.670. The van der Waals surface area contributed by atoms with Crippen LogP contribution in [0.25, 0.3) is 0 Å². The normalized spacial score (nSPS) is 10.2. The van der Waals surface area contributed by atoms with Gasteiger partial charge in [0.05, 0.1) is 5.56 Å². The van der Waals surface area contributed by atoms with Crippen LogP contribution < -0.4 is 0 Å². The van der Waals surface area contributed by atoms with Gasteiger partial charge in [0.15, 0.2) is 0 Å². The lowest BCUT2D eigenvalue weighted by Gasteiger charge is -2.00. The van der Waals surface area contributed by atoms with Crippen molar-refractivity contribution in [2.24, 2.45) is 0 Å². The van der Waals surface area contributed by atoms with Gasteiger partial charge in [-0.3, -0.25) is 4.79 Å². The molecule has 3 nitrogen and oxygen atoms in total. The molecule has 0 aliphatic carbocycles. The van der Waals surface area contributed by atoms with E-state index < -0.39 is 5.24 Å². The number of hydrogen-bond donors (Lipinski definition) is 0. The molecule has 76 valence electrons. The first-order valence-electron chi connectivity index (χ1n) is 4.36. The Morgan fingerprint density at radius 3 is 2.79 bits per heavy atom. The van der Waals surface area contributed by atoms with Gasteiger partial charge in [-0.1, -0.05) is 24.9 Å². The summed E-state index contributed by atoms with van der Waals surface area (Å²) in [6.45, 7) is 2.08. The average molecular weight is 233 g/mol. The van der Waals surface area contributed by atoms with E-state index in [-0.39, 0.29) is 10.7 Å². The lowest BCUT2D eigenvalue weighted by molar-refractivity contribution is 0.108. The summed E-state index contributed by atoms with van der Waals surface area (Å²) in [7, 11) is 0. The van der Waals surface area contributed by atoms with Crippen LogP contribution in [0.15, 0.2) is 6.20 Å². The van der Waals surface area contributed by atoms with E-state index in [1.54, 1.807) is 0 Å². The third kappa shape index (κ3) is 2.93. The van der Waals surface area contributed by atoms with Crippen LogP contribution in [0, 0.1) is 0 Å². The standard InChI is InChI=1S/C9H10Cl2N2O/c1-2-3-4-7-12-5-6(9(11)14)8(10)13-7/h5H,2-4H2,1H3. The maximum Gasteiger partial charge on any atom is 0.257 e. The summed E-state index contributed by atoms with van der Waals surface area (Å²) in [5.41, 5.74) is 0.161. The van der Waals surface area contributed by atoms with E-state index in [4.69, 9.17) is 23.2 Å². The Labute approximate surface area is 92.5 Å². The predicted octanol–water partition coefficient (Wildman–Crippen LogP) is 2.85. The van der Waals surface area contributed by atoms with Crippen molar-refractivity contribution in [1.29, 1.82) is 0 Å². The molecule has 5 heteroatoms. The fraction of sp³-hybridized carbons (Fsp3) is 0.444. The molecule has 0 aromatic carbocycles. The quantitative estimate of drug-likeness (QED) is 0.593. The van der Waals surface area contributed by atoms with Gasteiger partial charge in [0.1, 0.15) is 11.0 Å². The summed E-state index contributed by atoms with van der Waals surface area (Å²) in [5.74, 6) is 0.651. The van der Waals surface area contributed by atoms with Crippen LogP contribution in [0.5, 0.6) is 0 Å². The molecule has 0 unspecified atom stereocenters. The van der Waals surface area contributed by atoms with Gasteiger partial charge in [-0.15, -0.1) is 0 Å². The zero-order valence-corrected chi connectivity index (χ0v) is 9.27. The largest absolute Gasteiger partial charge is 0.275 e. The van der Waals surface area contributed by atoms with Gasteiger partial charge in [0, 0.05) is 12.6 Å². The van der Waals surface area contributed by atoms with Crippen molar-refractivity contribution >= 4 is 28.4 Å². The van der Waals surface area contributed by atoms with Gasteiger partial charge in [0.25, 0.3) is 5.24 Å². The van der Waals surface area contributed by atoms with E-state index >= 15 is 0 Å². The van der Waals surface area contributed by atoms with Crippen LogP contribution in [0.2, 0.25) is 5.15 Å².